The summed E-state index contributed by atoms with van der Waals surface area (Å²) in [4.78, 5) is 38.6. The van der Waals surface area contributed by atoms with E-state index in [1.807, 2.05) is 25.3 Å². The van der Waals surface area contributed by atoms with Crippen molar-refractivity contribution in [3.8, 4) is 5.75 Å². The number of benzene rings is 1. The lowest BCUT2D eigenvalue weighted by Gasteiger charge is -2.53. The molecule has 3 amide bonds. The molecule has 8 heteroatoms. The largest absolute Gasteiger partial charge is 0.490 e. The average molecular weight is 524 g/mol. The van der Waals surface area contributed by atoms with Gasteiger partial charge in [0, 0.05) is 25.1 Å². The van der Waals surface area contributed by atoms with Crippen LogP contribution in [-0.2, 0) is 20.9 Å². The van der Waals surface area contributed by atoms with Crippen molar-refractivity contribution >= 4 is 17.7 Å². The molecular weight excluding hydrogens is 482 g/mol. The van der Waals surface area contributed by atoms with E-state index in [1.165, 1.54) is 58.0 Å². The molecule has 7 aliphatic rings. The second-order valence-electron chi connectivity index (χ2n) is 12.2. The highest BCUT2D eigenvalue weighted by molar-refractivity contribution is 6.10. The van der Waals surface area contributed by atoms with Crippen LogP contribution in [0.2, 0.25) is 0 Å². The van der Waals surface area contributed by atoms with Gasteiger partial charge in [-0.3, -0.25) is 19.7 Å². The number of piperidine rings is 2. The molecule has 8 rings (SSSR count). The standard InChI is InChI=1S/C20H22N2O4.C10H19NO/c23-17-13-9-20(10-13,19(25)21-17)22-11-12-8-15(6-7-16(12)18(22)24)26-14-4-2-1-3-5-14;1-12-10-4-2-8(3-5-10)9-6-11-7-9/h6-8,13-14H,1-5,9-11H2,(H,21,23,25);8-11H,2-7H2,1H3. The summed E-state index contributed by atoms with van der Waals surface area (Å²) < 4.78 is 11.5. The SMILES string of the molecule is COC1CCC(C2CNC2)CC1.O=C1NC(=O)C2(N3Cc4cc(OC5CCCCC5)ccc4C3=O)CC1C2. The predicted molar refractivity (Wildman–Crippen MR) is 142 cm³/mol. The highest BCUT2D eigenvalue weighted by Gasteiger charge is 2.62. The second kappa shape index (κ2) is 10.6. The normalized spacial score (nSPS) is 32.9. The lowest BCUT2D eigenvalue weighted by molar-refractivity contribution is -0.160. The number of nitrogens with one attached hydrogen (secondary N) is 2. The van der Waals surface area contributed by atoms with E-state index in [0.717, 1.165) is 36.0 Å². The first-order chi connectivity index (χ1) is 18.5. The van der Waals surface area contributed by atoms with E-state index in [0.29, 0.717) is 31.1 Å². The van der Waals surface area contributed by atoms with E-state index in [-0.39, 0.29) is 29.7 Å². The van der Waals surface area contributed by atoms with Crippen LogP contribution < -0.4 is 15.4 Å². The number of ether oxygens (including phenoxy) is 2. The van der Waals surface area contributed by atoms with Gasteiger partial charge in [-0.15, -0.1) is 0 Å². The zero-order valence-corrected chi connectivity index (χ0v) is 22.5. The van der Waals surface area contributed by atoms with Crippen LogP contribution in [0.1, 0.15) is 86.6 Å². The van der Waals surface area contributed by atoms with Crippen LogP contribution in [0, 0.1) is 17.8 Å². The molecule has 0 unspecified atom stereocenters. The van der Waals surface area contributed by atoms with Gasteiger partial charge in [0.25, 0.3) is 11.8 Å². The van der Waals surface area contributed by atoms with E-state index in [1.54, 1.807) is 4.90 Å². The van der Waals surface area contributed by atoms with Gasteiger partial charge in [-0.2, -0.15) is 0 Å². The van der Waals surface area contributed by atoms with Crippen LogP contribution in [0.15, 0.2) is 18.2 Å². The minimum absolute atomic E-state index is 0.118. The van der Waals surface area contributed by atoms with Gasteiger partial charge in [-0.05, 0) is 113 Å². The van der Waals surface area contributed by atoms with Gasteiger partial charge in [0.1, 0.15) is 11.3 Å². The fourth-order valence-electron chi connectivity index (χ4n) is 7.33. The van der Waals surface area contributed by atoms with Crippen LogP contribution in [0.5, 0.6) is 5.75 Å². The average Bonchev–Trinajstić information content (AvgIpc) is 3.19. The summed E-state index contributed by atoms with van der Waals surface area (Å²) in [7, 11) is 1.84. The Morgan fingerprint density at radius 2 is 1.63 bits per heavy atom. The highest BCUT2D eigenvalue weighted by atomic mass is 16.5. The lowest BCUT2D eigenvalue weighted by atomic mass is 9.63. The number of amides is 3. The van der Waals surface area contributed by atoms with Crippen molar-refractivity contribution in [2.75, 3.05) is 20.2 Å². The van der Waals surface area contributed by atoms with Crippen molar-refractivity contribution in [2.45, 2.75) is 94.9 Å². The zero-order valence-electron chi connectivity index (χ0n) is 22.5. The van der Waals surface area contributed by atoms with Gasteiger partial charge in [0.15, 0.2) is 0 Å². The maximum absolute atomic E-state index is 12.9. The number of carbonyl (C=O) groups excluding carboxylic acids is 3. The van der Waals surface area contributed by atoms with Crippen molar-refractivity contribution in [3.63, 3.8) is 0 Å². The molecule has 3 saturated heterocycles. The number of fused-ring (bicyclic) bond motifs is 3. The van der Waals surface area contributed by atoms with Gasteiger partial charge >= 0.3 is 0 Å². The van der Waals surface area contributed by atoms with E-state index in [9.17, 15) is 14.4 Å². The maximum Gasteiger partial charge on any atom is 0.255 e. The van der Waals surface area contributed by atoms with Crippen molar-refractivity contribution in [3.05, 3.63) is 29.3 Å². The van der Waals surface area contributed by atoms with Crippen molar-refractivity contribution in [1.29, 1.82) is 0 Å². The third-order valence-corrected chi connectivity index (χ3v) is 9.98. The molecule has 0 radical (unpaired) electrons. The van der Waals surface area contributed by atoms with Gasteiger partial charge in [0.05, 0.1) is 12.2 Å². The quantitative estimate of drug-likeness (QED) is 0.573. The summed E-state index contributed by atoms with van der Waals surface area (Å²) in [5, 5.41) is 5.77. The molecule has 1 aromatic rings. The van der Waals surface area contributed by atoms with Crippen LogP contribution in [-0.4, -0.2) is 60.6 Å². The number of imide groups is 1. The number of carbonyl (C=O) groups is 3. The van der Waals surface area contributed by atoms with E-state index in [4.69, 9.17) is 9.47 Å². The lowest BCUT2D eigenvalue weighted by Crippen LogP contribution is -2.73. The minimum atomic E-state index is -0.848. The molecule has 2 N–H and O–H groups in total. The molecule has 8 nitrogen and oxygen atoms in total. The first-order valence-corrected chi connectivity index (χ1v) is 14.7. The maximum atomic E-state index is 12.9. The van der Waals surface area contributed by atoms with Crippen LogP contribution in [0.25, 0.3) is 0 Å². The molecule has 0 atom stereocenters. The van der Waals surface area contributed by atoms with Crippen LogP contribution in [0.4, 0.5) is 0 Å². The molecule has 1 aromatic carbocycles. The summed E-state index contributed by atoms with van der Waals surface area (Å²) in [6, 6.07) is 5.62. The third kappa shape index (κ3) is 4.75. The van der Waals surface area contributed by atoms with Gasteiger partial charge < -0.3 is 19.7 Å². The number of hydrogen-bond acceptors (Lipinski definition) is 6. The number of rotatable bonds is 5. The van der Waals surface area contributed by atoms with E-state index < -0.39 is 5.54 Å². The summed E-state index contributed by atoms with van der Waals surface area (Å²) in [5.74, 6) is 1.99. The molecule has 4 heterocycles. The monoisotopic (exact) mass is 523 g/mol. The molecule has 0 aromatic heterocycles. The van der Waals surface area contributed by atoms with E-state index >= 15 is 0 Å². The van der Waals surface area contributed by atoms with Crippen LogP contribution >= 0.6 is 0 Å². The summed E-state index contributed by atoms with van der Waals surface area (Å²) >= 11 is 0. The molecule has 2 bridgehead atoms. The Balaban J connectivity index is 0.000000184. The topological polar surface area (TPSA) is 97.0 Å². The van der Waals surface area contributed by atoms with Crippen molar-refractivity contribution < 1.29 is 23.9 Å². The Labute approximate surface area is 225 Å². The Morgan fingerprint density at radius 1 is 0.895 bits per heavy atom. The molecule has 0 spiro atoms. The first-order valence-electron chi connectivity index (χ1n) is 14.7. The Hall–Kier alpha value is -2.45. The summed E-state index contributed by atoms with van der Waals surface area (Å²) in [6.07, 6.45) is 12.9. The summed E-state index contributed by atoms with van der Waals surface area (Å²) in [5.41, 5.74) is 0.702. The Kier molecular flexibility index (Phi) is 7.20. The molecule has 4 aliphatic heterocycles. The molecule has 3 saturated carbocycles. The number of hydrogen-bond donors (Lipinski definition) is 2. The highest BCUT2D eigenvalue weighted by Crippen LogP contribution is 2.49. The fourth-order valence-corrected chi connectivity index (χ4v) is 7.33. The number of nitrogens with zero attached hydrogens (tertiary/aromatic N) is 1. The van der Waals surface area contributed by atoms with Crippen molar-refractivity contribution in [2.24, 2.45) is 17.8 Å². The van der Waals surface area contributed by atoms with Crippen LogP contribution in [0.3, 0.4) is 0 Å². The van der Waals surface area contributed by atoms with E-state index in [2.05, 4.69) is 10.6 Å². The molecule has 3 aliphatic carbocycles. The molecule has 6 fully saturated rings. The summed E-state index contributed by atoms with van der Waals surface area (Å²) in [6.45, 7) is 2.94. The third-order valence-electron chi connectivity index (χ3n) is 9.98. The zero-order chi connectivity index (χ0) is 26.3. The Bertz CT molecular complexity index is 1070. The molecule has 206 valence electrons. The molecular formula is C30H41N3O5. The first kappa shape index (κ1) is 25.8. The second-order valence-corrected chi connectivity index (χ2v) is 12.2. The fraction of sp³-hybridized carbons (Fsp3) is 0.700. The van der Waals surface area contributed by atoms with Gasteiger partial charge in [-0.25, -0.2) is 0 Å². The number of methoxy groups -OCH3 is 1. The minimum Gasteiger partial charge on any atom is -0.490 e. The Morgan fingerprint density at radius 3 is 2.26 bits per heavy atom. The predicted octanol–water partition coefficient (Wildman–Crippen LogP) is 3.57. The van der Waals surface area contributed by atoms with Crippen molar-refractivity contribution in [1.82, 2.24) is 15.5 Å². The van der Waals surface area contributed by atoms with Gasteiger partial charge in [0.2, 0.25) is 5.91 Å². The van der Waals surface area contributed by atoms with Gasteiger partial charge in [-0.1, -0.05) is 6.42 Å². The smallest absolute Gasteiger partial charge is 0.255 e. The molecule has 38 heavy (non-hydrogen) atoms.